The lowest BCUT2D eigenvalue weighted by Crippen LogP contribution is -2.25. The summed E-state index contributed by atoms with van der Waals surface area (Å²) in [6.45, 7) is 11.3. The third-order valence-corrected chi connectivity index (χ3v) is 3.78. The van der Waals surface area contributed by atoms with E-state index in [1.807, 2.05) is 10.9 Å². The Balaban J connectivity index is 2.23. The average Bonchev–Trinajstić information content (AvgIpc) is 3.12. The summed E-state index contributed by atoms with van der Waals surface area (Å²) in [4.78, 5) is 0. The van der Waals surface area contributed by atoms with E-state index in [0.717, 1.165) is 32.5 Å². The fraction of sp³-hybridized carbons (Fsp3) is 0.625. The van der Waals surface area contributed by atoms with E-state index in [9.17, 15) is 0 Å². The summed E-state index contributed by atoms with van der Waals surface area (Å²) in [7, 11) is 0. The van der Waals surface area contributed by atoms with Crippen LogP contribution in [0, 0.1) is 0 Å². The van der Waals surface area contributed by atoms with Crippen molar-refractivity contribution in [2.75, 3.05) is 6.54 Å². The van der Waals surface area contributed by atoms with Crippen molar-refractivity contribution < 1.29 is 0 Å². The van der Waals surface area contributed by atoms with E-state index in [2.05, 4.69) is 60.2 Å². The molecule has 0 aliphatic rings. The number of aryl methyl sites for hydroxylation is 3. The molecule has 0 radical (unpaired) electrons. The van der Waals surface area contributed by atoms with Gasteiger partial charge in [-0.25, -0.2) is 0 Å². The maximum atomic E-state index is 4.67. The van der Waals surface area contributed by atoms with Gasteiger partial charge in [0.05, 0.1) is 23.6 Å². The zero-order chi connectivity index (χ0) is 15.2. The number of rotatable bonds is 8. The number of hydrogen-bond donors (Lipinski definition) is 1. The summed E-state index contributed by atoms with van der Waals surface area (Å²) in [5, 5.41) is 12.6. The second kappa shape index (κ2) is 7.41. The zero-order valence-electron chi connectivity index (χ0n) is 13.6. The molecule has 0 aliphatic carbocycles. The second-order valence-electron chi connectivity index (χ2n) is 5.25. The fourth-order valence-corrected chi connectivity index (χ4v) is 2.64. The van der Waals surface area contributed by atoms with Crippen molar-refractivity contribution in [3.05, 3.63) is 35.4 Å². The molecule has 0 aromatic carbocycles. The largest absolute Gasteiger partial charge is 0.309 e. The van der Waals surface area contributed by atoms with Crippen LogP contribution in [0.3, 0.4) is 0 Å². The number of likely N-dealkylation sites (N-methyl/N-ethyl adjacent to an activating group) is 1. The van der Waals surface area contributed by atoms with Crippen LogP contribution in [0.25, 0.3) is 0 Å². The summed E-state index contributed by atoms with van der Waals surface area (Å²) in [5.74, 6) is 0. The topological polar surface area (TPSA) is 47.7 Å². The van der Waals surface area contributed by atoms with Crippen LogP contribution in [-0.2, 0) is 25.9 Å². The quantitative estimate of drug-likeness (QED) is 0.812. The second-order valence-corrected chi connectivity index (χ2v) is 5.25. The Hall–Kier alpha value is -1.62. The molecule has 0 fully saturated rings. The van der Waals surface area contributed by atoms with Crippen LogP contribution in [0.15, 0.2) is 18.5 Å². The van der Waals surface area contributed by atoms with Gasteiger partial charge in [-0.1, -0.05) is 13.8 Å². The van der Waals surface area contributed by atoms with Crippen LogP contribution < -0.4 is 5.32 Å². The molecule has 0 bridgehead atoms. The van der Waals surface area contributed by atoms with Crippen LogP contribution >= 0.6 is 0 Å². The summed E-state index contributed by atoms with van der Waals surface area (Å²) >= 11 is 0. The van der Waals surface area contributed by atoms with Crippen molar-refractivity contribution in [2.24, 2.45) is 0 Å². The summed E-state index contributed by atoms with van der Waals surface area (Å²) in [6, 6.07) is 2.53. The first-order valence-electron chi connectivity index (χ1n) is 8.03. The predicted octanol–water partition coefficient (Wildman–Crippen LogP) is 2.58. The van der Waals surface area contributed by atoms with Gasteiger partial charge in [0.25, 0.3) is 0 Å². The van der Waals surface area contributed by atoms with E-state index in [1.54, 1.807) is 0 Å². The number of nitrogens with one attached hydrogen (secondary N) is 1. The highest BCUT2D eigenvalue weighted by atomic mass is 15.3. The SMILES string of the molecule is CCNC(Cc1cnn(CC)c1)c1cc(CC)nn1CC. The molecule has 2 aromatic heterocycles. The minimum absolute atomic E-state index is 0.289. The Bertz CT molecular complexity index is 555. The molecule has 2 rings (SSSR count). The highest BCUT2D eigenvalue weighted by Gasteiger charge is 2.18. The van der Waals surface area contributed by atoms with E-state index >= 15 is 0 Å². The van der Waals surface area contributed by atoms with Crippen molar-refractivity contribution >= 4 is 0 Å². The Kier molecular flexibility index (Phi) is 5.56. The molecule has 2 heterocycles. The van der Waals surface area contributed by atoms with Gasteiger partial charge < -0.3 is 5.32 Å². The van der Waals surface area contributed by atoms with Crippen molar-refractivity contribution in [2.45, 2.75) is 59.7 Å². The van der Waals surface area contributed by atoms with Crippen LogP contribution in [-0.4, -0.2) is 26.1 Å². The van der Waals surface area contributed by atoms with Gasteiger partial charge >= 0.3 is 0 Å². The first-order chi connectivity index (χ1) is 10.2. The standard InChI is InChI=1S/C16H27N5/c1-5-14-10-16(21(8-4)19-14)15(17-6-2)9-13-11-18-20(7-3)12-13/h10-12,15,17H,5-9H2,1-4H3. The third kappa shape index (κ3) is 3.73. The molecule has 0 saturated heterocycles. The Morgan fingerprint density at radius 3 is 2.57 bits per heavy atom. The molecule has 1 N–H and O–H groups in total. The molecule has 0 spiro atoms. The molecule has 116 valence electrons. The minimum atomic E-state index is 0.289. The van der Waals surface area contributed by atoms with E-state index in [-0.39, 0.29) is 6.04 Å². The number of aromatic nitrogens is 4. The number of hydrogen-bond acceptors (Lipinski definition) is 3. The van der Waals surface area contributed by atoms with Gasteiger partial charge in [-0.05, 0) is 44.9 Å². The van der Waals surface area contributed by atoms with E-state index in [4.69, 9.17) is 0 Å². The highest BCUT2D eigenvalue weighted by Crippen LogP contribution is 2.20. The first kappa shape index (κ1) is 15.8. The average molecular weight is 289 g/mol. The van der Waals surface area contributed by atoms with Crippen molar-refractivity contribution in [3.63, 3.8) is 0 Å². The minimum Gasteiger partial charge on any atom is -0.309 e. The molecule has 1 unspecified atom stereocenters. The zero-order valence-corrected chi connectivity index (χ0v) is 13.6. The Morgan fingerprint density at radius 2 is 2.00 bits per heavy atom. The fourth-order valence-electron chi connectivity index (χ4n) is 2.64. The van der Waals surface area contributed by atoms with Gasteiger partial charge in [0.15, 0.2) is 0 Å². The van der Waals surface area contributed by atoms with Gasteiger partial charge in [-0.15, -0.1) is 0 Å². The molecular weight excluding hydrogens is 262 g/mol. The normalized spacial score (nSPS) is 12.8. The van der Waals surface area contributed by atoms with Gasteiger partial charge in [-0.3, -0.25) is 9.36 Å². The Morgan fingerprint density at radius 1 is 1.19 bits per heavy atom. The summed E-state index contributed by atoms with van der Waals surface area (Å²) in [5.41, 5.74) is 3.71. The lowest BCUT2D eigenvalue weighted by Gasteiger charge is -2.18. The molecule has 2 aromatic rings. The van der Waals surface area contributed by atoms with Crippen molar-refractivity contribution in [3.8, 4) is 0 Å². The van der Waals surface area contributed by atoms with Crippen molar-refractivity contribution in [1.29, 1.82) is 0 Å². The third-order valence-electron chi connectivity index (χ3n) is 3.78. The van der Waals surface area contributed by atoms with Crippen LogP contribution in [0.5, 0.6) is 0 Å². The van der Waals surface area contributed by atoms with Gasteiger partial charge in [0, 0.05) is 19.3 Å². The Labute approximate surface area is 127 Å². The lowest BCUT2D eigenvalue weighted by atomic mass is 10.1. The van der Waals surface area contributed by atoms with Gasteiger partial charge in [0.1, 0.15) is 0 Å². The maximum Gasteiger partial charge on any atom is 0.0625 e. The van der Waals surface area contributed by atoms with Crippen molar-refractivity contribution in [1.82, 2.24) is 24.9 Å². The predicted molar refractivity (Wildman–Crippen MR) is 85.3 cm³/mol. The van der Waals surface area contributed by atoms with Crippen LogP contribution in [0.2, 0.25) is 0 Å². The monoisotopic (exact) mass is 289 g/mol. The molecule has 1 atom stereocenters. The molecule has 5 nitrogen and oxygen atoms in total. The molecular formula is C16H27N5. The molecule has 0 amide bonds. The van der Waals surface area contributed by atoms with Gasteiger partial charge in [0.2, 0.25) is 0 Å². The maximum absolute atomic E-state index is 4.67. The molecule has 0 aliphatic heterocycles. The first-order valence-corrected chi connectivity index (χ1v) is 8.03. The lowest BCUT2D eigenvalue weighted by molar-refractivity contribution is 0.489. The number of nitrogens with zero attached hydrogens (tertiary/aromatic N) is 4. The van der Waals surface area contributed by atoms with E-state index in [1.165, 1.54) is 17.0 Å². The smallest absolute Gasteiger partial charge is 0.0625 e. The summed E-state index contributed by atoms with van der Waals surface area (Å²) in [6.07, 6.45) is 6.04. The molecule has 5 heteroatoms. The van der Waals surface area contributed by atoms with Crippen LogP contribution in [0.4, 0.5) is 0 Å². The van der Waals surface area contributed by atoms with E-state index in [0.29, 0.717) is 0 Å². The van der Waals surface area contributed by atoms with Gasteiger partial charge in [-0.2, -0.15) is 10.2 Å². The molecule has 21 heavy (non-hydrogen) atoms. The van der Waals surface area contributed by atoms with E-state index < -0.39 is 0 Å². The highest BCUT2D eigenvalue weighted by molar-refractivity contribution is 5.18. The van der Waals surface area contributed by atoms with Crippen LogP contribution in [0.1, 0.15) is 50.7 Å². The summed E-state index contributed by atoms with van der Waals surface area (Å²) < 4.78 is 4.10. The molecule has 0 saturated carbocycles.